The van der Waals surface area contributed by atoms with Gasteiger partial charge in [0.05, 0.1) is 17.6 Å². The number of hydrogen-bond acceptors (Lipinski definition) is 3. The molecule has 0 aliphatic carbocycles. The summed E-state index contributed by atoms with van der Waals surface area (Å²) in [5, 5.41) is 4.85. The molecule has 5 nitrogen and oxygen atoms in total. The molecule has 9 heteroatoms. The fourth-order valence-corrected chi connectivity index (χ4v) is 3.67. The van der Waals surface area contributed by atoms with E-state index in [9.17, 15) is 22.4 Å². The maximum atomic E-state index is 13.7. The second-order valence-electron chi connectivity index (χ2n) is 7.27. The molecule has 0 radical (unpaired) electrons. The number of aromatic nitrogens is 4. The molecule has 32 heavy (non-hydrogen) atoms. The van der Waals surface area contributed by atoms with Gasteiger partial charge in [0.15, 0.2) is 11.5 Å². The lowest BCUT2D eigenvalue weighted by Gasteiger charge is -2.13. The summed E-state index contributed by atoms with van der Waals surface area (Å²) in [6.45, 7) is -0.0889. The molecule has 0 spiro atoms. The summed E-state index contributed by atoms with van der Waals surface area (Å²) >= 11 is 0. The Balaban J connectivity index is 1.71. The van der Waals surface area contributed by atoms with Gasteiger partial charge in [-0.2, -0.15) is 17.7 Å². The Morgan fingerprint density at radius 1 is 0.906 bits per heavy atom. The highest BCUT2D eigenvalue weighted by Crippen LogP contribution is 2.30. The molecule has 0 N–H and O–H groups in total. The van der Waals surface area contributed by atoms with E-state index in [-0.39, 0.29) is 18.0 Å². The number of para-hydroxylation sites is 1. The first-order chi connectivity index (χ1) is 15.3. The van der Waals surface area contributed by atoms with E-state index in [2.05, 4.69) is 10.1 Å². The minimum Gasteiger partial charge on any atom is -0.287 e. The smallest absolute Gasteiger partial charge is 0.287 e. The van der Waals surface area contributed by atoms with Crippen molar-refractivity contribution in [1.29, 1.82) is 0 Å². The van der Waals surface area contributed by atoms with Crippen LogP contribution in [0.5, 0.6) is 0 Å². The quantitative estimate of drug-likeness (QED) is 0.376. The van der Waals surface area contributed by atoms with Crippen LogP contribution in [0.3, 0.4) is 0 Å². The molecular formula is C23H14F4N4O. The van der Waals surface area contributed by atoms with Gasteiger partial charge in [0.25, 0.3) is 0 Å². The Hall–Kier alpha value is -4.01. The van der Waals surface area contributed by atoms with E-state index in [0.717, 1.165) is 16.6 Å². The molecule has 0 saturated carbocycles. The van der Waals surface area contributed by atoms with E-state index < -0.39 is 23.2 Å². The monoisotopic (exact) mass is 438 g/mol. The number of fused-ring (bicyclic) bond motifs is 3. The molecule has 5 rings (SSSR count). The third kappa shape index (κ3) is 3.41. The molecule has 3 aromatic carbocycles. The number of rotatable bonds is 3. The van der Waals surface area contributed by atoms with Crippen LogP contribution in [0, 0.1) is 5.82 Å². The van der Waals surface area contributed by atoms with Gasteiger partial charge in [-0.3, -0.25) is 4.57 Å². The lowest BCUT2D eigenvalue weighted by molar-refractivity contribution is -0.137. The highest BCUT2D eigenvalue weighted by Gasteiger charge is 2.30. The molecule has 0 atom stereocenters. The van der Waals surface area contributed by atoms with Crippen LogP contribution < -0.4 is 5.69 Å². The lowest BCUT2D eigenvalue weighted by atomic mass is 10.1. The number of alkyl halides is 3. The normalized spacial score (nSPS) is 12.0. The molecule has 0 aliphatic rings. The van der Waals surface area contributed by atoms with Crippen molar-refractivity contribution in [3.05, 3.63) is 100 Å². The van der Waals surface area contributed by atoms with E-state index >= 15 is 0 Å². The number of hydrogen-bond donors (Lipinski definition) is 0. The van der Waals surface area contributed by atoms with Crippen molar-refractivity contribution in [3.63, 3.8) is 0 Å². The topological polar surface area (TPSA) is 52.2 Å². The number of halogens is 4. The standard InChI is InChI=1S/C23H14F4N4O/c24-17-8-4-6-15(12-17)20-28-21-18-9-1-2-10-19(18)30(22(32)31(21)29-20)13-14-5-3-7-16(11-14)23(25,26)27/h1-12H,13H2. The van der Waals surface area contributed by atoms with Crippen molar-refractivity contribution in [2.24, 2.45) is 0 Å². The second-order valence-corrected chi connectivity index (χ2v) is 7.27. The summed E-state index contributed by atoms with van der Waals surface area (Å²) in [5.74, 6) is -0.295. The summed E-state index contributed by atoms with van der Waals surface area (Å²) in [7, 11) is 0. The van der Waals surface area contributed by atoms with Gasteiger partial charge < -0.3 is 0 Å². The van der Waals surface area contributed by atoms with Crippen LogP contribution >= 0.6 is 0 Å². The fraction of sp³-hybridized carbons (Fsp3) is 0.0870. The highest BCUT2D eigenvalue weighted by molar-refractivity contribution is 5.91. The third-order valence-corrected chi connectivity index (χ3v) is 5.13. The summed E-state index contributed by atoms with van der Waals surface area (Å²) in [4.78, 5) is 17.7. The van der Waals surface area contributed by atoms with Crippen molar-refractivity contribution >= 4 is 16.6 Å². The Bertz CT molecular complexity index is 1540. The molecular weight excluding hydrogens is 424 g/mol. The molecule has 5 aromatic rings. The van der Waals surface area contributed by atoms with Crippen LogP contribution in [0.2, 0.25) is 0 Å². The maximum Gasteiger partial charge on any atom is 0.416 e. The first kappa shape index (κ1) is 19.9. The molecule has 0 saturated heterocycles. The molecule has 0 bridgehead atoms. The zero-order chi connectivity index (χ0) is 22.5. The average molecular weight is 438 g/mol. The van der Waals surface area contributed by atoms with E-state index in [4.69, 9.17) is 0 Å². The predicted molar refractivity (Wildman–Crippen MR) is 111 cm³/mol. The van der Waals surface area contributed by atoms with Crippen LogP contribution in [-0.2, 0) is 12.7 Å². The van der Waals surface area contributed by atoms with Crippen molar-refractivity contribution in [2.75, 3.05) is 0 Å². The first-order valence-electron chi connectivity index (χ1n) is 9.62. The molecule has 0 unspecified atom stereocenters. The van der Waals surface area contributed by atoms with Gasteiger partial charge in [-0.1, -0.05) is 36.4 Å². The number of benzene rings is 3. The largest absolute Gasteiger partial charge is 0.416 e. The summed E-state index contributed by atoms with van der Waals surface area (Å²) in [6, 6.07) is 17.5. The van der Waals surface area contributed by atoms with Gasteiger partial charge in [-0.05, 0) is 42.0 Å². The molecule has 0 amide bonds. The average Bonchev–Trinajstić information content (AvgIpc) is 3.22. The van der Waals surface area contributed by atoms with Crippen molar-refractivity contribution < 1.29 is 17.6 Å². The van der Waals surface area contributed by atoms with E-state index in [1.165, 1.54) is 34.9 Å². The fourth-order valence-electron chi connectivity index (χ4n) is 3.67. The molecule has 2 heterocycles. The molecule has 2 aromatic heterocycles. The number of nitrogens with zero attached hydrogens (tertiary/aromatic N) is 4. The van der Waals surface area contributed by atoms with Crippen LogP contribution in [0.1, 0.15) is 11.1 Å². The van der Waals surface area contributed by atoms with E-state index in [0.29, 0.717) is 22.0 Å². The molecule has 0 aliphatic heterocycles. The van der Waals surface area contributed by atoms with Gasteiger partial charge in [0.1, 0.15) is 5.82 Å². The minimum absolute atomic E-state index is 0.0889. The van der Waals surface area contributed by atoms with Gasteiger partial charge in [0, 0.05) is 10.9 Å². The summed E-state index contributed by atoms with van der Waals surface area (Å²) < 4.78 is 55.5. The van der Waals surface area contributed by atoms with Crippen LogP contribution in [0.4, 0.5) is 17.6 Å². The zero-order valence-electron chi connectivity index (χ0n) is 16.3. The first-order valence-corrected chi connectivity index (χ1v) is 9.62. The van der Waals surface area contributed by atoms with Gasteiger partial charge in [-0.25, -0.2) is 14.2 Å². The van der Waals surface area contributed by atoms with Gasteiger partial charge in [-0.15, -0.1) is 5.10 Å². The van der Waals surface area contributed by atoms with Crippen LogP contribution in [-0.4, -0.2) is 19.2 Å². The molecule has 160 valence electrons. The Morgan fingerprint density at radius 2 is 1.69 bits per heavy atom. The molecule has 0 fully saturated rings. The van der Waals surface area contributed by atoms with Crippen LogP contribution in [0.25, 0.3) is 27.9 Å². The summed E-state index contributed by atoms with van der Waals surface area (Å²) in [6.07, 6.45) is -4.49. The zero-order valence-corrected chi connectivity index (χ0v) is 16.3. The van der Waals surface area contributed by atoms with Crippen molar-refractivity contribution in [3.8, 4) is 11.4 Å². The highest BCUT2D eigenvalue weighted by atomic mass is 19.4. The van der Waals surface area contributed by atoms with E-state index in [1.54, 1.807) is 30.3 Å². The predicted octanol–water partition coefficient (Wildman–Crippen LogP) is 4.92. The maximum absolute atomic E-state index is 13.7. The SMILES string of the molecule is O=c1n(Cc2cccc(C(F)(F)F)c2)c2ccccc2c2nc(-c3cccc(F)c3)nn12. The Kier molecular flexibility index (Phi) is 4.54. The second kappa shape index (κ2) is 7.30. The van der Waals surface area contributed by atoms with Crippen molar-refractivity contribution in [1.82, 2.24) is 19.2 Å². The van der Waals surface area contributed by atoms with Gasteiger partial charge >= 0.3 is 11.9 Å². The summed E-state index contributed by atoms with van der Waals surface area (Å²) in [5.41, 5.74) is 0.151. The Morgan fingerprint density at radius 3 is 2.47 bits per heavy atom. The van der Waals surface area contributed by atoms with Gasteiger partial charge in [0.2, 0.25) is 0 Å². The van der Waals surface area contributed by atoms with Crippen LogP contribution in [0.15, 0.2) is 77.6 Å². The lowest BCUT2D eigenvalue weighted by Crippen LogP contribution is -2.28. The third-order valence-electron chi connectivity index (χ3n) is 5.13. The van der Waals surface area contributed by atoms with Crippen molar-refractivity contribution in [2.45, 2.75) is 12.7 Å². The van der Waals surface area contributed by atoms with E-state index in [1.807, 2.05) is 0 Å². The minimum atomic E-state index is -4.49. The Labute approximate surface area is 178 Å².